The van der Waals surface area contributed by atoms with Crippen molar-refractivity contribution in [2.24, 2.45) is 5.92 Å². The number of allylic oxidation sites excluding steroid dienone is 1. The van der Waals surface area contributed by atoms with Crippen LogP contribution >= 0.6 is 0 Å². The van der Waals surface area contributed by atoms with E-state index in [4.69, 9.17) is 4.74 Å². The van der Waals surface area contributed by atoms with E-state index >= 15 is 0 Å². The number of hydrogen-bond donors (Lipinski definition) is 1. The first-order valence-corrected chi connectivity index (χ1v) is 9.53. The van der Waals surface area contributed by atoms with Crippen LogP contribution in [0.1, 0.15) is 44.2 Å². The van der Waals surface area contributed by atoms with Gasteiger partial charge in [0.15, 0.2) is 0 Å². The van der Waals surface area contributed by atoms with Crippen LogP contribution < -0.4 is 9.46 Å². The van der Waals surface area contributed by atoms with E-state index in [2.05, 4.69) is 11.3 Å². The standard InChI is InChI=1S/C17H25NO3S/c1-3-5-11-22(19,20)18-17(4-2)15-7-6-8-16(12-15)21-13-14-9-10-14/h3,6-8,12,14,17-18H,1,4-5,9-11,13H2,2H3. The van der Waals surface area contributed by atoms with Gasteiger partial charge in [-0.3, -0.25) is 0 Å². The number of benzene rings is 1. The summed E-state index contributed by atoms with van der Waals surface area (Å²) in [5.41, 5.74) is 0.943. The van der Waals surface area contributed by atoms with Crippen LogP contribution in [0, 0.1) is 5.92 Å². The highest BCUT2D eigenvalue weighted by Crippen LogP contribution is 2.30. The molecule has 1 fully saturated rings. The maximum Gasteiger partial charge on any atom is 0.212 e. The van der Waals surface area contributed by atoms with Crippen molar-refractivity contribution in [2.45, 2.75) is 38.6 Å². The van der Waals surface area contributed by atoms with Crippen molar-refractivity contribution < 1.29 is 13.2 Å². The maximum absolute atomic E-state index is 12.1. The molecule has 1 aliphatic carbocycles. The number of hydrogen-bond acceptors (Lipinski definition) is 3. The molecule has 122 valence electrons. The molecule has 0 amide bonds. The van der Waals surface area contributed by atoms with Crippen LogP contribution in [0.25, 0.3) is 0 Å². The van der Waals surface area contributed by atoms with Crippen molar-refractivity contribution in [1.29, 1.82) is 0 Å². The van der Waals surface area contributed by atoms with Crippen molar-refractivity contribution >= 4 is 10.0 Å². The fourth-order valence-electron chi connectivity index (χ4n) is 2.22. The van der Waals surface area contributed by atoms with Crippen LogP contribution in [-0.4, -0.2) is 20.8 Å². The predicted octanol–water partition coefficient (Wildman–Crippen LogP) is 3.42. The molecule has 2 rings (SSSR count). The normalized spacial score (nSPS) is 16.2. The minimum Gasteiger partial charge on any atom is -0.493 e. The number of ether oxygens (including phenoxy) is 1. The van der Waals surface area contributed by atoms with Crippen LogP contribution in [0.4, 0.5) is 0 Å². The van der Waals surface area contributed by atoms with Crippen molar-refractivity contribution in [2.75, 3.05) is 12.4 Å². The summed E-state index contributed by atoms with van der Waals surface area (Å²) >= 11 is 0. The van der Waals surface area contributed by atoms with Gasteiger partial charge in [-0.15, -0.1) is 6.58 Å². The minimum absolute atomic E-state index is 0.0743. The topological polar surface area (TPSA) is 55.4 Å². The van der Waals surface area contributed by atoms with Gasteiger partial charge in [0.05, 0.1) is 12.4 Å². The van der Waals surface area contributed by atoms with Crippen LogP contribution in [0.3, 0.4) is 0 Å². The highest BCUT2D eigenvalue weighted by Gasteiger charge is 2.22. The highest BCUT2D eigenvalue weighted by atomic mass is 32.2. The van der Waals surface area contributed by atoms with E-state index in [1.54, 1.807) is 6.08 Å². The number of nitrogens with one attached hydrogen (secondary N) is 1. The van der Waals surface area contributed by atoms with Gasteiger partial charge in [0, 0.05) is 6.04 Å². The quantitative estimate of drug-likeness (QED) is 0.671. The maximum atomic E-state index is 12.1. The van der Waals surface area contributed by atoms with E-state index in [9.17, 15) is 8.42 Å². The Hall–Kier alpha value is -1.33. The summed E-state index contributed by atoms with van der Waals surface area (Å²) < 4.78 is 32.6. The molecule has 5 heteroatoms. The fraction of sp³-hybridized carbons (Fsp3) is 0.529. The van der Waals surface area contributed by atoms with E-state index in [1.807, 2.05) is 31.2 Å². The zero-order valence-corrected chi connectivity index (χ0v) is 13.9. The second-order valence-electron chi connectivity index (χ2n) is 5.80. The molecule has 22 heavy (non-hydrogen) atoms. The lowest BCUT2D eigenvalue weighted by Crippen LogP contribution is -2.30. The summed E-state index contributed by atoms with van der Waals surface area (Å²) in [6.45, 7) is 6.29. The molecule has 0 heterocycles. The molecular weight excluding hydrogens is 298 g/mol. The Morgan fingerprint density at radius 2 is 2.23 bits per heavy atom. The van der Waals surface area contributed by atoms with Gasteiger partial charge in [0.1, 0.15) is 5.75 Å². The average Bonchev–Trinajstić information content (AvgIpc) is 3.33. The lowest BCUT2D eigenvalue weighted by atomic mass is 10.1. The first-order chi connectivity index (χ1) is 10.5. The third-order valence-corrected chi connectivity index (χ3v) is 5.18. The molecule has 0 aromatic heterocycles. The summed E-state index contributed by atoms with van der Waals surface area (Å²) in [4.78, 5) is 0. The fourth-order valence-corrected chi connectivity index (χ4v) is 3.55. The van der Waals surface area contributed by atoms with Gasteiger partial charge in [0.2, 0.25) is 10.0 Å². The monoisotopic (exact) mass is 323 g/mol. The first kappa shape index (κ1) is 17.0. The van der Waals surface area contributed by atoms with Gasteiger partial charge in [0.25, 0.3) is 0 Å². The first-order valence-electron chi connectivity index (χ1n) is 7.87. The Bertz CT molecular complexity index is 594. The Morgan fingerprint density at radius 1 is 1.45 bits per heavy atom. The van der Waals surface area contributed by atoms with E-state index in [1.165, 1.54) is 12.8 Å². The Labute approximate surface area is 133 Å². The second kappa shape index (κ2) is 7.79. The predicted molar refractivity (Wildman–Crippen MR) is 89.4 cm³/mol. The smallest absolute Gasteiger partial charge is 0.212 e. The third kappa shape index (κ3) is 5.46. The van der Waals surface area contributed by atoms with Crippen LogP contribution in [0.15, 0.2) is 36.9 Å². The molecule has 0 saturated heterocycles. The van der Waals surface area contributed by atoms with E-state index < -0.39 is 10.0 Å². The highest BCUT2D eigenvalue weighted by molar-refractivity contribution is 7.89. The molecule has 1 unspecified atom stereocenters. The van der Waals surface area contributed by atoms with Gasteiger partial charge < -0.3 is 4.74 Å². The lowest BCUT2D eigenvalue weighted by molar-refractivity contribution is 0.299. The molecule has 1 aromatic carbocycles. The van der Waals surface area contributed by atoms with Crippen molar-refractivity contribution in [3.8, 4) is 5.75 Å². The summed E-state index contributed by atoms with van der Waals surface area (Å²) in [6.07, 6.45) is 5.27. The average molecular weight is 323 g/mol. The second-order valence-corrected chi connectivity index (χ2v) is 7.68. The molecule has 4 nitrogen and oxygen atoms in total. The molecule has 0 bridgehead atoms. The SMILES string of the molecule is C=CCCS(=O)(=O)NC(CC)c1cccc(OCC2CC2)c1. The Kier molecular flexibility index (Phi) is 6.03. The zero-order chi connectivity index (χ0) is 16.0. The molecule has 1 aromatic rings. The molecule has 1 N–H and O–H groups in total. The van der Waals surface area contributed by atoms with E-state index in [0.29, 0.717) is 18.8 Å². The molecule has 0 radical (unpaired) electrons. The van der Waals surface area contributed by atoms with E-state index in [0.717, 1.165) is 17.9 Å². The molecule has 0 spiro atoms. The lowest BCUT2D eigenvalue weighted by Gasteiger charge is -2.18. The van der Waals surface area contributed by atoms with Gasteiger partial charge >= 0.3 is 0 Å². The molecular formula is C17H25NO3S. The summed E-state index contributed by atoms with van der Waals surface area (Å²) in [7, 11) is -3.29. The molecule has 1 aliphatic rings. The van der Waals surface area contributed by atoms with E-state index in [-0.39, 0.29) is 11.8 Å². The zero-order valence-electron chi connectivity index (χ0n) is 13.1. The van der Waals surface area contributed by atoms with Gasteiger partial charge in [-0.2, -0.15) is 0 Å². The van der Waals surface area contributed by atoms with Crippen LogP contribution in [0.2, 0.25) is 0 Å². The minimum atomic E-state index is -3.29. The number of sulfonamides is 1. The van der Waals surface area contributed by atoms with Gasteiger partial charge in [-0.25, -0.2) is 13.1 Å². The van der Waals surface area contributed by atoms with Gasteiger partial charge in [-0.1, -0.05) is 25.1 Å². The molecule has 0 aliphatic heterocycles. The van der Waals surface area contributed by atoms with Crippen molar-refractivity contribution in [3.63, 3.8) is 0 Å². The summed E-state index contributed by atoms with van der Waals surface area (Å²) in [5.74, 6) is 1.58. The third-order valence-electron chi connectivity index (χ3n) is 3.76. The van der Waals surface area contributed by atoms with Crippen LogP contribution in [0.5, 0.6) is 5.75 Å². The summed E-state index contributed by atoms with van der Waals surface area (Å²) in [6, 6.07) is 7.49. The van der Waals surface area contributed by atoms with Crippen molar-refractivity contribution in [3.05, 3.63) is 42.5 Å². The van der Waals surface area contributed by atoms with Gasteiger partial charge in [-0.05, 0) is 49.3 Å². The Morgan fingerprint density at radius 3 is 2.86 bits per heavy atom. The van der Waals surface area contributed by atoms with Crippen molar-refractivity contribution in [1.82, 2.24) is 4.72 Å². The number of rotatable bonds is 10. The molecule has 1 saturated carbocycles. The largest absolute Gasteiger partial charge is 0.493 e. The Balaban J connectivity index is 2.02. The summed E-state index contributed by atoms with van der Waals surface area (Å²) in [5, 5.41) is 0. The van der Waals surface area contributed by atoms with Crippen LogP contribution in [-0.2, 0) is 10.0 Å². The molecule has 1 atom stereocenters.